The lowest BCUT2D eigenvalue weighted by Crippen LogP contribution is -2.52. The Morgan fingerprint density at radius 1 is 1.23 bits per heavy atom. The van der Waals surface area contributed by atoms with Crippen molar-refractivity contribution in [2.24, 2.45) is 5.92 Å². The minimum absolute atomic E-state index is 0.204. The van der Waals surface area contributed by atoms with Crippen molar-refractivity contribution < 1.29 is 22.7 Å². The summed E-state index contributed by atoms with van der Waals surface area (Å²) in [5.74, 6) is -0.694. The third-order valence-electron chi connectivity index (χ3n) is 4.66. The second-order valence-corrected chi connectivity index (χ2v) is 8.30. The summed E-state index contributed by atoms with van der Waals surface area (Å²) in [6.07, 6.45) is 2.52. The van der Waals surface area contributed by atoms with E-state index in [1.54, 1.807) is 42.2 Å². The van der Waals surface area contributed by atoms with Crippen LogP contribution in [0.15, 0.2) is 30.3 Å². The number of amides is 1. The largest absolute Gasteiger partial charge is 0.469 e. The van der Waals surface area contributed by atoms with Gasteiger partial charge in [-0.3, -0.25) is 13.9 Å². The minimum atomic E-state index is -3.63. The quantitative estimate of drug-likeness (QED) is 0.699. The van der Waals surface area contributed by atoms with Crippen LogP contribution in [0.2, 0.25) is 0 Å². The van der Waals surface area contributed by atoms with Gasteiger partial charge in [0.25, 0.3) is 0 Å². The lowest BCUT2D eigenvalue weighted by Gasteiger charge is -2.37. The highest BCUT2D eigenvalue weighted by molar-refractivity contribution is 7.92. The number of carbonyl (C=O) groups excluding carboxylic acids is 2. The number of para-hydroxylation sites is 1. The van der Waals surface area contributed by atoms with Crippen LogP contribution in [0, 0.1) is 5.92 Å². The predicted octanol–water partition coefficient (Wildman–Crippen LogP) is 1.64. The molecule has 0 unspecified atom stereocenters. The maximum Gasteiger partial charge on any atom is 0.308 e. The van der Waals surface area contributed by atoms with E-state index in [4.69, 9.17) is 4.74 Å². The number of esters is 1. The van der Waals surface area contributed by atoms with E-state index in [1.165, 1.54) is 11.4 Å². The van der Waals surface area contributed by atoms with E-state index in [9.17, 15) is 18.0 Å². The van der Waals surface area contributed by atoms with E-state index < -0.39 is 16.1 Å². The van der Waals surface area contributed by atoms with Crippen molar-refractivity contribution in [3.8, 4) is 0 Å². The summed E-state index contributed by atoms with van der Waals surface area (Å²) in [6, 6.07) is 7.84. The maximum absolute atomic E-state index is 13.0. The van der Waals surface area contributed by atoms with Crippen molar-refractivity contribution in [2.75, 3.05) is 30.8 Å². The number of methoxy groups -OCH3 is 1. The molecule has 1 heterocycles. The van der Waals surface area contributed by atoms with Gasteiger partial charge in [0.05, 0.1) is 25.0 Å². The van der Waals surface area contributed by atoms with Crippen molar-refractivity contribution >= 4 is 27.6 Å². The molecule has 7 nitrogen and oxygen atoms in total. The summed E-state index contributed by atoms with van der Waals surface area (Å²) in [7, 11) is -2.27. The van der Waals surface area contributed by atoms with E-state index in [-0.39, 0.29) is 17.8 Å². The summed E-state index contributed by atoms with van der Waals surface area (Å²) < 4.78 is 30.7. The number of ether oxygens (including phenoxy) is 1. The zero-order chi connectivity index (χ0) is 19.3. The average molecular weight is 382 g/mol. The van der Waals surface area contributed by atoms with Crippen molar-refractivity contribution in [3.05, 3.63) is 30.3 Å². The molecule has 1 aliphatic rings. The number of anilines is 1. The van der Waals surface area contributed by atoms with Gasteiger partial charge in [0.2, 0.25) is 15.9 Å². The van der Waals surface area contributed by atoms with E-state index in [0.717, 1.165) is 6.26 Å². The molecule has 26 heavy (non-hydrogen) atoms. The molecular formula is C18H26N2O5S. The van der Waals surface area contributed by atoms with E-state index in [1.807, 2.05) is 0 Å². The van der Waals surface area contributed by atoms with E-state index in [2.05, 4.69) is 0 Å². The second kappa shape index (κ2) is 8.53. The summed E-state index contributed by atoms with van der Waals surface area (Å²) >= 11 is 0. The molecule has 1 atom stereocenters. The van der Waals surface area contributed by atoms with Crippen LogP contribution in [0.1, 0.15) is 26.2 Å². The molecule has 1 aliphatic heterocycles. The van der Waals surface area contributed by atoms with Crippen molar-refractivity contribution in [2.45, 2.75) is 32.2 Å². The van der Waals surface area contributed by atoms with Crippen LogP contribution in [-0.2, 0) is 24.3 Å². The fraction of sp³-hybridized carbons (Fsp3) is 0.556. The SMILES string of the molecule is CC[C@@H](C(=O)N1CCC(C(=O)OC)CC1)N(c1ccccc1)S(C)(=O)=O. The van der Waals surface area contributed by atoms with Crippen LogP contribution in [0.3, 0.4) is 0 Å². The highest BCUT2D eigenvalue weighted by Crippen LogP contribution is 2.25. The van der Waals surface area contributed by atoms with Crippen LogP contribution < -0.4 is 4.31 Å². The monoisotopic (exact) mass is 382 g/mol. The summed E-state index contributed by atoms with van der Waals surface area (Å²) in [6.45, 7) is 2.63. The summed E-state index contributed by atoms with van der Waals surface area (Å²) in [4.78, 5) is 26.3. The number of piperidine rings is 1. The minimum Gasteiger partial charge on any atom is -0.469 e. The van der Waals surface area contributed by atoms with Gasteiger partial charge < -0.3 is 9.64 Å². The Kier molecular flexibility index (Phi) is 6.63. The zero-order valence-electron chi connectivity index (χ0n) is 15.4. The zero-order valence-corrected chi connectivity index (χ0v) is 16.2. The van der Waals surface area contributed by atoms with Crippen LogP contribution in [0.4, 0.5) is 5.69 Å². The number of benzene rings is 1. The van der Waals surface area contributed by atoms with Gasteiger partial charge in [0.1, 0.15) is 6.04 Å². The first kappa shape index (κ1) is 20.2. The van der Waals surface area contributed by atoms with Crippen molar-refractivity contribution in [1.82, 2.24) is 4.90 Å². The number of carbonyl (C=O) groups is 2. The van der Waals surface area contributed by atoms with Gasteiger partial charge in [0.15, 0.2) is 0 Å². The number of rotatable bonds is 6. The number of hydrogen-bond acceptors (Lipinski definition) is 5. The molecule has 1 saturated heterocycles. The Labute approximate surface area is 155 Å². The third-order valence-corrected chi connectivity index (χ3v) is 5.84. The van der Waals surface area contributed by atoms with Crippen LogP contribution in [0.5, 0.6) is 0 Å². The highest BCUT2D eigenvalue weighted by atomic mass is 32.2. The Balaban J connectivity index is 2.20. The standard InChI is InChI=1S/C18H26N2O5S/c1-4-16(20(26(3,23)24)15-8-6-5-7-9-15)17(21)19-12-10-14(11-13-19)18(22)25-2/h5-9,14,16H,4,10-13H2,1-3H3/t16-/m0/s1. The number of likely N-dealkylation sites (tertiary alicyclic amines) is 1. The topological polar surface area (TPSA) is 84.0 Å². The lowest BCUT2D eigenvalue weighted by atomic mass is 9.96. The molecular weight excluding hydrogens is 356 g/mol. The molecule has 1 aromatic carbocycles. The summed E-state index contributed by atoms with van der Waals surface area (Å²) in [5.41, 5.74) is 0.472. The van der Waals surface area contributed by atoms with E-state index >= 15 is 0 Å². The van der Waals surface area contributed by atoms with Crippen LogP contribution in [-0.4, -0.2) is 57.7 Å². The first-order valence-corrected chi connectivity index (χ1v) is 10.6. The van der Waals surface area contributed by atoms with Crippen molar-refractivity contribution in [3.63, 3.8) is 0 Å². The van der Waals surface area contributed by atoms with Gasteiger partial charge in [-0.25, -0.2) is 8.42 Å². The molecule has 0 N–H and O–H groups in total. The second-order valence-electron chi connectivity index (χ2n) is 6.44. The van der Waals surface area contributed by atoms with Crippen molar-refractivity contribution in [1.29, 1.82) is 0 Å². The first-order valence-electron chi connectivity index (χ1n) is 8.70. The lowest BCUT2D eigenvalue weighted by molar-refractivity contribution is -0.149. The molecule has 0 spiro atoms. The van der Waals surface area contributed by atoms with Gasteiger partial charge in [-0.15, -0.1) is 0 Å². The Bertz CT molecular complexity index is 727. The van der Waals surface area contributed by atoms with Gasteiger partial charge in [0, 0.05) is 13.1 Å². The van der Waals surface area contributed by atoms with Gasteiger partial charge in [-0.1, -0.05) is 25.1 Å². The molecule has 0 bridgehead atoms. The Morgan fingerprint density at radius 3 is 2.27 bits per heavy atom. The summed E-state index contributed by atoms with van der Waals surface area (Å²) in [5, 5.41) is 0. The molecule has 1 aromatic rings. The molecule has 2 rings (SSSR count). The van der Waals surface area contributed by atoms with E-state index in [0.29, 0.717) is 38.0 Å². The smallest absolute Gasteiger partial charge is 0.308 e. The van der Waals surface area contributed by atoms with Crippen LogP contribution >= 0.6 is 0 Å². The van der Waals surface area contributed by atoms with Gasteiger partial charge in [-0.2, -0.15) is 0 Å². The van der Waals surface area contributed by atoms with Gasteiger partial charge in [-0.05, 0) is 31.4 Å². The average Bonchev–Trinajstić information content (AvgIpc) is 2.64. The fourth-order valence-corrected chi connectivity index (χ4v) is 4.54. The molecule has 0 saturated carbocycles. The highest BCUT2D eigenvalue weighted by Gasteiger charge is 2.36. The fourth-order valence-electron chi connectivity index (χ4n) is 3.33. The molecule has 1 amide bonds. The molecule has 0 radical (unpaired) electrons. The molecule has 0 aliphatic carbocycles. The van der Waals surface area contributed by atoms with Crippen LogP contribution in [0.25, 0.3) is 0 Å². The molecule has 8 heteroatoms. The molecule has 1 fully saturated rings. The Morgan fingerprint density at radius 2 is 1.81 bits per heavy atom. The number of hydrogen-bond donors (Lipinski definition) is 0. The maximum atomic E-state index is 13.0. The molecule has 0 aromatic heterocycles. The first-order chi connectivity index (χ1) is 12.3. The third kappa shape index (κ3) is 4.55. The normalized spacial score (nSPS) is 16.8. The van der Waals surface area contributed by atoms with Gasteiger partial charge >= 0.3 is 5.97 Å². The molecule has 144 valence electrons. The predicted molar refractivity (Wildman–Crippen MR) is 99.2 cm³/mol. The number of nitrogens with zero attached hydrogens (tertiary/aromatic N) is 2. The Hall–Kier alpha value is -2.09. The number of sulfonamides is 1.